The lowest BCUT2D eigenvalue weighted by atomic mass is 9.95. The van der Waals surface area contributed by atoms with Gasteiger partial charge in [0.05, 0.1) is 4.90 Å². The molecule has 138 valence electrons. The molecule has 2 amide bonds. The van der Waals surface area contributed by atoms with Crippen LogP contribution in [0.1, 0.15) is 24.5 Å². The topological polar surface area (TPSA) is 104 Å². The van der Waals surface area contributed by atoms with Crippen molar-refractivity contribution < 1.29 is 13.2 Å². The van der Waals surface area contributed by atoms with Gasteiger partial charge in [0, 0.05) is 36.6 Å². The van der Waals surface area contributed by atoms with Crippen LogP contribution in [-0.4, -0.2) is 49.5 Å². The van der Waals surface area contributed by atoms with Gasteiger partial charge in [0.25, 0.3) is 0 Å². The molecule has 1 aliphatic heterocycles. The van der Waals surface area contributed by atoms with Crippen molar-refractivity contribution in [3.8, 4) is 0 Å². The minimum absolute atomic E-state index is 0.107. The summed E-state index contributed by atoms with van der Waals surface area (Å²) in [5.41, 5.74) is 1.37. The molecule has 1 aliphatic rings. The Labute approximate surface area is 152 Å². The Kier molecular flexibility index (Phi) is 5.48. The lowest BCUT2D eigenvalue weighted by Gasteiger charge is -2.32. The first kappa shape index (κ1) is 18.3. The van der Waals surface area contributed by atoms with Crippen LogP contribution in [0.25, 0.3) is 0 Å². The lowest BCUT2D eigenvalue weighted by Crippen LogP contribution is -2.41. The minimum Gasteiger partial charge on any atom is -0.324 e. The van der Waals surface area contributed by atoms with Gasteiger partial charge < -0.3 is 10.2 Å². The van der Waals surface area contributed by atoms with Crippen molar-refractivity contribution in [1.29, 1.82) is 0 Å². The third-order valence-corrected chi connectivity index (χ3v) is 5.81. The molecule has 1 fully saturated rings. The molecule has 1 saturated heterocycles. The number of likely N-dealkylation sites (tertiary alicyclic amines) is 1. The summed E-state index contributed by atoms with van der Waals surface area (Å²) in [4.78, 5) is 22.6. The lowest BCUT2D eigenvalue weighted by molar-refractivity contribution is 0.192. The monoisotopic (exact) mass is 375 g/mol. The van der Waals surface area contributed by atoms with Crippen LogP contribution in [0.15, 0.2) is 47.8 Å². The highest BCUT2D eigenvalue weighted by molar-refractivity contribution is 7.89. The summed E-state index contributed by atoms with van der Waals surface area (Å²) in [7, 11) is -2.21. The second-order valence-electron chi connectivity index (χ2n) is 6.08. The number of urea groups is 1. The van der Waals surface area contributed by atoms with Gasteiger partial charge in [0.1, 0.15) is 6.33 Å². The smallest absolute Gasteiger partial charge is 0.321 e. The molecule has 0 aliphatic carbocycles. The zero-order chi connectivity index (χ0) is 18.6. The van der Waals surface area contributed by atoms with Gasteiger partial charge in [-0.25, -0.2) is 27.9 Å². The van der Waals surface area contributed by atoms with Crippen LogP contribution >= 0.6 is 0 Å². The fourth-order valence-electron chi connectivity index (χ4n) is 3.01. The molecule has 1 aromatic heterocycles. The Morgan fingerprint density at radius 1 is 1.31 bits per heavy atom. The highest BCUT2D eigenvalue weighted by Crippen LogP contribution is 2.25. The number of nitrogens with zero attached hydrogens (tertiary/aromatic N) is 3. The van der Waals surface area contributed by atoms with E-state index in [9.17, 15) is 13.2 Å². The van der Waals surface area contributed by atoms with Crippen LogP contribution in [0.4, 0.5) is 10.5 Å². The minimum atomic E-state index is -3.56. The summed E-state index contributed by atoms with van der Waals surface area (Å²) in [6.45, 7) is 1.22. The average molecular weight is 375 g/mol. The van der Waals surface area contributed by atoms with Crippen molar-refractivity contribution >= 4 is 21.7 Å². The number of hydrogen-bond donors (Lipinski definition) is 2. The summed E-state index contributed by atoms with van der Waals surface area (Å²) in [5, 5.41) is 2.78. The van der Waals surface area contributed by atoms with E-state index in [2.05, 4.69) is 20.0 Å². The van der Waals surface area contributed by atoms with Gasteiger partial charge in [0.2, 0.25) is 10.0 Å². The van der Waals surface area contributed by atoms with E-state index >= 15 is 0 Å². The van der Waals surface area contributed by atoms with Gasteiger partial charge in [-0.15, -0.1) is 0 Å². The summed E-state index contributed by atoms with van der Waals surface area (Å²) in [5.74, 6) is 0.175. The van der Waals surface area contributed by atoms with Gasteiger partial charge in [-0.1, -0.05) is 6.07 Å². The van der Waals surface area contributed by atoms with E-state index < -0.39 is 10.0 Å². The van der Waals surface area contributed by atoms with Crippen LogP contribution in [0.2, 0.25) is 0 Å². The number of sulfonamides is 1. The zero-order valence-corrected chi connectivity index (χ0v) is 15.2. The van der Waals surface area contributed by atoms with Crippen molar-refractivity contribution in [3.05, 3.63) is 48.5 Å². The van der Waals surface area contributed by atoms with E-state index in [1.165, 1.54) is 25.5 Å². The maximum atomic E-state index is 12.6. The van der Waals surface area contributed by atoms with Gasteiger partial charge in [0.15, 0.2) is 0 Å². The molecule has 9 heteroatoms. The molecule has 26 heavy (non-hydrogen) atoms. The first-order chi connectivity index (χ1) is 12.5. The number of benzene rings is 1. The largest absolute Gasteiger partial charge is 0.324 e. The van der Waals surface area contributed by atoms with E-state index in [-0.39, 0.29) is 16.8 Å². The molecular formula is C17H21N5O3S. The van der Waals surface area contributed by atoms with E-state index in [0.717, 1.165) is 18.5 Å². The number of carbonyl (C=O) groups excluding carboxylic acids is 1. The van der Waals surface area contributed by atoms with Gasteiger partial charge in [-0.05, 0) is 44.2 Å². The highest BCUT2D eigenvalue weighted by atomic mass is 32.2. The molecule has 8 nitrogen and oxygen atoms in total. The van der Waals surface area contributed by atoms with Crippen LogP contribution in [0.3, 0.4) is 0 Å². The molecule has 1 atom stereocenters. The second kappa shape index (κ2) is 7.79. The number of piperidine rings is 1. The molecule has 2 N–H and O–H groups in total. The Bertz CT molecular complexity index is 873. The van der Waals surface area contributed by atoms with Crippen molar-refractivity contribution in [2.24, 2.45) is 0 Å². The fourth-order valence-corrected chi connectivity index (χ4v) is 3.78. The molecule has 0 bridgehead atoms. The third kappa shape index (κ3) is 4.17. The van der Waals surface area contributed by atoms with Gasteiger partial charge in [-0.2, -0.15) is 0 Å². The van der Waals surface area contributed by atoms with E-state index in [1.54, 1.807) is 23.2 Å². The molecule has 3 rings (SSSR count). The third-order valence-electron chi connectivity index (χ3n) is 4.40. The quantitative estimate of drug-likeness (QED) is 0.848. The van der Waals surface area contributed by atoms with Crippen molar-refractivity contribution in [2.75, 3.05) is 25.5 Å². The van der Waals surface area contributed by atoms with Crippen LogP contribution in [0, 0.1) is 0 Å². The van der Waals surface area contributed by atoms with Gasteiger partial charge in [-0.3, -0.25) is 0 Å². The standard InChI is InChI=1S/C17H21N5O3S/c1-18-26(24,25)15-6-2-5-14(10-15)21-17(23)22-9-3-4-13(11-22)16-7-8-19-12-20-16/h2,5-8,10,12-13,18H,3-4,9,11H2,1H3,(H,21,23)/t13-/m0/s1. The van der Waals surface area contributed by atoms with E-state index in [0.29, 0.717) is 18.8 Å². The summed E-state index contributed by atoms with van der Waals surface area (Å²) in [6, 6.07) is 7.81. The number of hydrogen-bond acceptors (Lipinski definition) is 5. The number of amides is 2. The van der Waals surface area contributed by atoms with Crippen molar-refractivity contribution in [3.63, 3.8) is 0 Å². The maximum Gasteiger partial charge on any atom is 0.321 e. The Hall–Kier alpha value is -2.52. The van der Waals surface area contributed by atoms with Crippen LogP contribution in [-0.2, 0) is 10.0 Å². The zero-order valence-electron chi connectivity index (χ0n) is 14.4. The highest BCUT2D eigenvalue weighted by Gasteiger charge is 2.25. The van der Waals surface area contributed by atoms with Crippen LogP contribution < -0.4 is 10.0 Å². The molecule has 1 aromatic carbocycles. The maximum absolute atomic E-state index is 12.6. The van der Waals surface area contributed by atoms with Crippen LogP contribution in [0.5, 0.6) is 0 Å². The van der Waals surface area contributed by atoms with E-state index in [4.69, 9.17) is 0 Å². The number of aromatic nitrogens is 2. The Morgan fingerprint density at radius 2 is 2.15 bits per heavy atom. The first-order valence-corrected chi connectivity index (χ1v) is 9.83. The summed E-state index contributed by atoms with van der Waals surface area (Å²) >= 11 is 0. The SMILES string of the molecule is CNS(=O)(=O)c1cccc(NC(=O)N2CCC[C@H](c3ccncn3)C2)c1. The van der Waals surface area contributed by atoms with Gasteiger partial charge >= 0.3 is 6.03 Å². The molecule has 0 unspecified atom stereocenters. The molecule has 0 saturated carbocycles. The Morgan fingerprint density at radius 3 is 2.88 bits per heavy atom. The number of rotatable bonds is 4. The molecular weight excluding hydrogens is 354 g/mol. The second-order valence-corrected chi connectivity index (χ2v) is 7.97. The molecule has 0 spiro atoms. The van der Waals surface area contributed by atoms with Crippen molar-refractivity contribution in [2.45, 2.75) is 23.7 Å². The number of nitrogens with one attached hydrogen (secondary N) is 2. The predicted molar refractivity (Wildman–Crippen MR) is 97.3 cm³/mol. The number of anilines is 1. The normalized spacial score (nSPS) is 17.7. The summed E-state index contributed by atoms with van der Waals surface area (Å²) < 4.78 is 26.1. The first-order valence-electron chi connectivity index (χ1n) is 8.35. The summed E-state index contributed by atoms with van der Waals surface area (Å²) in [6.07, 6.45) is 5.07. The molecule has 0 radical (unpaired) electrons. The number of carbonyl (C=O) groups is 1. The fraction of sp³-hybridized carbons (Fsp3) is 0.353. The molecule has 2 heterocycles. The average Bonchev–Trinajstić information content (AvgIpc) is 2.69. The Balaban J connectivity index is 1.69. The van der Waals surface area contributed by atoms with E-state index in [1.807, 2.05) is 6.07 Å². The molecule has 2 aromatic rings. The van der Waals surface area contributed by atoms with Crippen molar-refractivity contribution in [1.82, 2.24) is 19.6 Å². The predicted octanol–water partition coefficient (Wildman–Crippen LogP) is 1.80.